The maximum Gasteiger partial charge on any atom is 0.102 e. The minimum absolute atomic E-state index is 0.426. The van der Waals surface area contributed by atoms with E-state index in [4.69, 9.17) is 9.84 Å². The highest BCUT2D eigenvalue weighted by Gasteiger charge is 1.89. The van der Waals surface area contributed by atoms with Crippen LogP contribution < -0.4 is 5.32 Å². The summed E-state index contributed by atoms with van der Waals surface area (Å²) >= 11 is 0. The minimum Gasteiger partial charge on any atom is -0.383 e. The van der Waals surface area contributed by atoms with E-state index < -0.39 is 6.23 Å². The molecule has 0 saturated carbocycles. The van der Waals surface area contributed by atoms with E-state index in [1.54, 1.807) is 14.0 Å². The molecule has 50 valence electrons. The molecule has 1 atom stereocenters. The van der Waals surface area contributed by atoms with Gasteiger partial charge < -0.3 is 9.84 Å². The SMILES string of the molecule is COCCN[C@H](C)O. The zero-order chi connectivity index (χ0) is 6.41. The van der Waals surface area contributed by atoms with Crippen LogP contribution in [0.2, 0.25) is 0 Å². The number of methoxy groups -OCH3 is 1. The molecule has 0 aromatic heterocycles. The molecular formula is C5H13NO2. The third-order valence-corrected chi connectivity index (χ3v) is 0.746. The Morgan fingerprint density at radius 3 is 2.75 bits per heavy atom. The molecule has 0 aromatic rings. The predicted octanol–water partition coefficient (Wildman–Crippen LogP) is -0.439. The average Bonchev–Trinajstić information content (AvgIpc) is 1.66. The van der Waals surface area contributed by atoms with Gasteiger partial charge in [-0.3, -0.25) is 5.32 Å². The van der Waals surface area contributed by atoms with Gasteiger partial charge in [0.05, 0.1) is 6.61 Å². The fourth-order valence-electron chi connectivity index (χ4n) is 0.370. The van der Waals surface area contributed by atoms with Crippen LogP contribution in [0.3, 0.4) is 0 Å². The summed E-state index contributed by atoms with van der Waals surface area (Å²) in [7, 11) is 1.63. The minimum atomic E-state index is -0.426. The second-order valence-corrected chi connectivity index (χ2v) is 1.62. The molecular weight excluding hydrogens is 106 g/mol. The average molecular weight is 119 g/mol. The van der Waals surface area contributed by atoms with Gasteiger partial charge in [-0.05, 0) is 6.92 Å². The van der Waals surface area contributed by atoms with Crippen molar-refractivity contribution in [2.45, 2.75) is 13.2 Å². The van der Waals surface area contributed by atoms with Crippen LogP contribution >= 0.6 is 0 Å². The molecule has 0 fully saturated rings. The maximum atomic E-state index is 8.61. The van der Waals surface area contributed by atoms with Crippen LogP contribution in [0.5, 0.6) is 0 Å². The van der Waals surface area contributed by atoms with Gasteiger partial charge >= 0.3 is 0 Å². The normalized spacial score (nSPS) is 13.9. The zero-order valence-corrected chi connectivity index (χ0v) is 5.35. The van der Waals surface area contributed by atoms with Gasteiger partial charge in [-0.2, -0.15) is 0 Å². The lowest BCUT2D eigenvalue weighted by Crippen LogP contribution is -2.28. The van der Waals surface area contributed by atoms with Gasteiger partial charge in [0.1, 0.15) is 6.23 Å². The molecule has 0 aliphatic rings. The Bertz CT molecular complexity index is 47.7. The van der Waals surface area contributed by atoms with E-state index in [1.807, 2.05) is 0 Å². The number of hydrogen-bond donors (Lipinski definition) is 2. The van der Waals surface area contributed by atoms with Gasteiger partial charge in [0.2, 0.25) is 0 Å². The maximum absolute atomic E-state index is 8.61. The molecule has 0 aliphatic heterocycles. The van der Waals surface area contributed by atoms with Crippen LogP contribution in [-0.4, -0.2) is 31.6 Å². The number of aliphatic hydroxyl groups excluding tert-OH is 1. The summed E-state index contributed by atoms with van der Waals surface area (Å²) in [5.41, 5.74) is 0. The molecule has 0 unspecified atom stereocenters. The van der Waals surface area contributed by atoms with E-state index in [1.165, 1.54) is 0 Å². The molecule has 8 heavy (non-hydrogen) atoms. The second kappa shape index (κ2) is 5.03. The molecule has 2 N–H and O–H groups in total. The van der Waals surface area contributed by atoms with Gasteiger partial charge in [-0.25, -0.2) is 0 Å². The number of hydrogen-bond acceptors (Lipinski definition) is 3. The summed E-state index contributed by atoms with van der Waals surface area (Å²) in [6.07, 6.45) is -0.426. The van der Waals surface area contributed by atoms with Crippen molar-refractivity contribution in [2.75, 3.05) is 20.3 Å². The monoisotopic (exact) mass is 119 g/mol. The summed E-state index contributed by atoms with van der Waals surface area (Å²) in [6, 6.07) is 0. The summed E-state index contributed by atoms with van der Waals surface area (Å²) < 4.78 is 4.72. The van der Waals surface area contributed by atoms with Crippen molar-refractivity contribution >= 4 is 0 Å². The van der Waals surface area contributed by atoms with E-state index in [0.29, 0.717) is 13.2 Å². The Kier molecular flexibility index (Phi) is 4.95. The number of rotatable bonds is 4. The fraction of sp³-hybridized carbons (Fsp3) is 1.00. The molecule has 0 amide bonds. The Morgan fingerprint density at radius 1 is 1.75 bits per heavy atom. The first-order valence-corrected chi connectivity index (χ1v) is 2.67. The smallest absolute Gasteiger partial charge is 0.102 e. The molecule has 0 heterocycles. The third kappa shape index (κ3) is 5.88. The van der Waals surface area contributed by atoms with Crippen molar-refractivity contribution in [3.8, 4) is 0 Å². The Hall–Kier alpha value is -0.120. The van der Waals surface area contributed by atoms with E-state index in [2.05, 4.69) is 5.32 Å². The highest BCUT2D eigenvalue weighted by atomic mass is 16.5. The van der Waals surface area contributed by atoms with E-state index in [-0.39, 0.29) is 0 Å². The zero-order valence-electron chi connectivity index (χ0n) is 5.35. The topological polar surface area (TPSA) is 41.5 Å². The number of nitrogens with one attached hydrogen (secondary N) is 1. The van der Waals surface area contributed by atoms with E-state index >= 15 is 0 Å². The van der Waals surface area contributed by atoms with Crippen molar-refractivity contribution in [3.63, 3.8) is 0 Å². The quantitative estimate of drug-likeness (QED) is 0.389. The molecule has 3 heteroatoms. The van der Waals surface area contributed by atoms with Gasteiger partial charge in [0.15, 0.2) is 0 Å². The van der Waals surface area contributed by atoms with Crippen LogP contribution in [0.4, 0.5) is 0 Å². The van der Waals surface area contributed by atoms with Crippen LogP contribution in [-0.2, 0) is 4.74 Å². The first-order chi connectivity index (χ1) is 3.77. The third-order valence-electron chi connectivity index (χ3n) is 0.746. The second-order valence-electron chi connectivity index (χ2n) is 1.62. The standard InChI is InChI=1S/C5H13NO2/c1-5(7)6-3-4-8-2/h5-7H,3-4H2,1-2H3/t5-/m0/s1. The van der Waals surface area contributed by atoms with Crippen LogP contribution in [0, 0.1) is 0 Å². The number of aliphatic hydroxyl groups is 1. The molecule has 0 aliphatic carbocycles. The van der Waals surface area contributed by atoms with Gasteiger partial charge in [0.25, 0.3) is 0 Å². The molecule has 3 nitrogen and oxygen atoms in total. The largest absolute Gasteiger partial charge is 0.383 e. The number of ether oxygens (including phenoxy) is 1. The summed E-state index contributed by atoms with van der Waals surface area (Å²) in [5, 5.41) is 11.4. The summed E-state index contributed by atoms with van der Waals surface area (Å²) in [6.45, 7) is 3.02. The van der Waals surface area contributed by atoms with Crippen LogP contribution in [0.15, 0.2) is 0 Å². The highest BCUT2D eigenvalue weighted by Crippen LogP contribution is 1.69. The van der Waals surface area contributed by atoms with Crippen molar-refractivity contribution in [1.82, 2.24) is 5.32 Å². The van der Waals surface area contributed by atoms with E-state index in [9.17, 15) is 0 Å². The van der Waals surface area contributed by atoms with Crippen molar-refractivity contribution < 1.29 is 9.84 Å². The fourth-order valence-corrected chi connectivity index (χ4v) is 0.370. The molecule has 0 radical (unpaired) electrons. The van der Waals surface area contributed by atoms with Crippen molar-refractivity contribution in [1.29, 1.82) is 0 Å². The summed E-state index contributed by atoms with van der Waals surface area (Å²) in [5.74, 6) is 0. The molecule has 0 aromatic carbocycles. The van der Waals surface area contributed by atoms with Crippen molar-refractivity contribution in [2.24, 2.45) is 0 Å². The van der Waals surface area contributed by atoms with Crippen LogP contribution in [0.25, 0.3) is 0 Å². The van der Waals surface area contributed by atoms with Crippen LogP contribution in [0.1, 0.15) is 6.92 Å². The Labute approximate surface area is 49.7 Å². The lowest BCUT2D eigenvalue weighted by molar-refractivity contribution is 0.132. The molecule has 0 saturated heterocycles. The lowest BCUT2D eigenvalue weighted by atomic mass is 10.6. The molecule has 0 spiro atoms. The Balaban J connectivity index is 2.72. The first-order valence-electron chi connectivity index (χ1n) is 2.67. The molecule has 0 rings (SSSR count). The predicted molar refractivity (Wildman–Crippen MR) is 31.6 cm³/mol. The molecule has 0 bridgehead atoms. The van der Waals surface area contributed by atoms with Gasteiger partial charge in [-0.15, -0.1) is 0 Å². The van der Waals surface area contributed by atoms with Gasteiger partial charge in [0, 0.05) is 13.7 Å². The van der Waals surface area contributed by atoms with E-state index in [0.717, 1.165) is 0 Å². The lowest BCUT2D eigenvalue weighted by Gasteiger charge is -2.04. The Morgan fingerprint density at radius 2 is 2.38 bits per heavy atom. The summed E-state index contributed by atoms with van der Waals surface area (Å²) in [4.78, 5) is 0. The first kappa shape index (κ1) is 7.88. The van der Waals surface area contributed by atoms with Crippen molar-refractivity contribution in [3.05, 3.63) is 0 Å². The highest BCUT2D eigenvalue weighted by molar-refractivity contribution is 4.42. The van der Waals surface area contributed by atoms with Gasteiger partial charge in [-0.1, -0.05) is 0 Å².